The number of fused-ring (bicyclic) bond motifs is 1. The monoisotopic (exact) mass is 836 g/mol. The molecule has 0 bridgehead atoms. The van der Waals surface area contributed by atoms with Gasteiger partial charge in [-0.25, -0.2) is 0 Å². The van der Waals surface area contributed by atoms with Gasteiger partial charge in [0.2, 0.25) is 6.29 Å². The first-order chi connectivity index (χ1) is 25.4. The average molecular weight is 838 g/mol. The van der Waals surface area contributed by atoms with Crippen LogP contribution in [0.3, 0.4) is 0 Å². The molecule has 0 unspecified atom stereocenters. The molecule has 2 aliphatic heterocycles. The van der Waals surface area contributed by atoms with Crippen LogP contribution in [0.2, 0.25) is 18.1 Å². The number of esters is 2. The first-order valence-electron chi connectivity index (χ1n) is 19.6. The lowest BCUT2D eigenvalue weighted by atomic mass is 9.81. The van der Waals surface area contributed by atoms with Crippen molar-refractivity contribution in [3.8, 4) is 5.75 Å². The summed E-state index contributed by atoms with van der Waals surface area (Å²) in [6.45, 7) is 18.8. The van der Waals surface area contributed by atoms with E-state index < -0.39 is 20.7 Å². The third-order valence-electron chi connectivity index (χ3n) is 11.9. The van der Waals surface area contributed by atoms with Gasteiger partial charge in [-0.1, -0.05) is 74.3 Å². The number of ether oxygens (including phenoxy) is 7. The lowest BCUT2D eigenvalue weighted by Crippen LogP contribution is -2.60. The maximum absolute atomic E-state index is 13.5. The van der Waals surface area contributed by atoms with Crippen LogP contribution >= 0.6 is 15.9 Å². The summed E-state index contributed by atoms with van der Waals surface area (Å²) in [6.07, 6.45) is 7.47. The van der Waals surface area contributed by atoms with Crippen LogP contribution in [0.1, 0.15) is 92.6 Å². The summed E-state index contributed by atoms with van der Waals surface area (Å²) in [7, 11) is 2.59. The van der Waals surface area contributed by atoms with Gasteiger partial charge in [0, 0.05) is 44.6 Å². The van der Waals surface area contributed by atoms with Gasteiger partial charge in [0.25, 0.3) is 0 Å². The highest BCUT2D eigenvalue weighted by molar-refractivity contribution is 9.10. The average Bonchev–Trinajstić information content (AvgIpc) is 3.49. The molecule has 0 radical (unpaired) electrons. The Morgan fingerprint density at radius 1 is 1.02 bits per heavy atom. The molecule has 4 rings (SSSR count). The second kappa shape index (κ2) is 19.4. The van der Waals surface area contributed by atoms with E-state index in [-0.39, 0.29) is 77.8 Å². The van der Waals surface area contributed by atoms with Crippen LogP contribution in [0.5, 0.6) is 5.75 Å². The molecule has 3 aliphatic rings. The van der Waals surface area contributed by atoms with E-state index in [1.54, 1.807) is 21.3 Å². The lowest BCUT2D eigenvalue weighted by Gasteiger charge is -2.45. The molecular weight excluding hydrogens is 772 g/mol. The third kappa shape index (κ3) is 11.1. The van der Waals surface area contributed by atoms with Crippen molar-refractivity contribution in [2.45, 2.75) is 154 Å². The van der Waals surface area contributed by atoms with E-state index >= 15 is 0 Å². The van der Waals surface area contributed by atoms with Crippen LogP contribution in [0.25, 0.3) is 6.08 Å². The Bertz CT molecular complexity index is 1470. The second-order valence-electron chi connectivity index (χ2n) is 16.7. The van der Waals surface area contributed by atoms with Gasteiger partial charge in [-0.2, -0.15) is 0 Å². The summed E-state index contributed by atoms with van der Waals surface area (Å²) < 4.78 is 50.1. The van der Waals surface area contributed by atoms with Crippen LogP contribution < -0.4 is 4.74 Å². The van der Waals surface area contributed by atoms with Gasteiger partial charge >= 0.3 is 11.9 Å². The summed E-state index contributed by atoms with van der Waals surface area (Å²) in [5, 5.41) is -0.0400. The fourth-order valence-electron chi connectivity index (χ4n) is 7.79. The molecule has 1 aromatic rings. The van der Waals surface area contributed by atoms with Crippen molar-refractivity contribution in [2.24, 2.45) is 17.8 Å². The number of halogens is 1. The largest absolute Gasteiger partial charge is 0.462 e. The molecular formula is C42H65BrO10Si. The van der Waals surface area contributed by atoms with Gasteiger partial charge in [-0.3, -0.25) is 9.59 Å². The maximum Gasteiger partial charge on any atom is 0.310 e. The molecule has 2 heterocycles. The minimum absolute atomic E-state index is 0.0279. The Balaban J connectivity index is 1.66. The smallest absolute Gasteiger partial charge is 0.310 e. The zero-order valence-corrected chi connectivity index (χ0v) is 37.1. The second-order valence-corrected chi connectivity index (χ2v) is 22.3. The minimum atomic E-state index is -2.29. The highest BCUT2D eigenvalue weighted by Crippen LogP contribution is 2.46. The normalized spacial score (nSPS) is 32.9. The lowest BCUT2D eigenvalue weighted by molar-refractivity contribution is -0.282. The van der Waals surface area contributed by atoms with Gasteiger partial charge in [0.05, 0.1) is 18.6 Å². The fourth-order valence-corrected chi connectivity index (χ4v) is 9.58. The summed E-state index contributed by atoms with van der Waals surface area (Å²) in [5.74, 6) is 0.00851. The maximum atomic E-state index is 13.5. The molecule has 0 saturated carbocycles. The molecule has 304 valence electrons. The summed E-state index contributed by atoms with van der Waals surface area (Å²) in [6, 6.07) is 5.81. The van der Waals surface area contributed by atoms with Gasteiger partial charge in [0.15, 0.2) is 8.32 Å². The topological polar surface area (TPSA) is 108 Å². The predicted octanol–water partition coefficient (Wildman–Crippen LogP) is 9.05. The summed E-state index contributed by atoms with van der Waals surface area (Å²) >= 11 is 3.73. The van der Waals surface area contributed by atoms with E-state index in [0.717, 1.165) is 41.3 Å². The van der Waals surface area contributed by atoms with Gasteiger partial charge < -0.3 is 37.6 Å². The van der Waals surface area contributed by atoms with Crippen LogP contribution in [0.4, 0.5) is 0 Å². The Kier molecular flexibility index (Phi) is 16.0. The number of methoxy groups -OCH3 is 3. The van der Waals surface area contributed by atoms with Crippen LogP contribution in [-0.4, -0.2) is 90.6 Å². The number of benzene rings is 1. The Labute approximate surface area is 333 Å². The number of allylic oxidation sites excluding steroid dienone is 2. The Morgan fingerprint density at radius 3 is 2.31 bits per heavy atom. The molecule has 1 aromatic carbocycles. The number of hydrogen-bond donors (Lipinski definition) is 0. The molecule has 12 heteroatoms. The number of carbonyl (C=O) groups excluding carboxylic acids is 2. The molecule has 0 aromatic heterocycles. The van der Waals surface area contributed by atoms with Crippen LogP contribution in [-0.2, 0) is 42.4 Å². The van der Waals surface area contributed by atoms with Gasteiger partial charge in [0.1, 0.15) is 36.3 Å². The molecule has 2 saturated heterocycles. The van der Waals surface area contributed by atoms with Crippen molar-refractivity contribution in [3.63, 3.8) is 0 Å². The Hall–Kier alpha value is -2.06. The molecule has 54 heavy (non-hydrogen) atoms. The first kappa shape index (κ1) is 44.6. The van der Waals surface area contributed by atoms with E-state index in [2.05, 4.69) is 74.9 Å². The number of hydrogen-bond acceptors (Lipinski definition) is 10. The van der Waals surface area contributed by atoms with Crippen molar-refractivity contribution in [1.82, 2.24) is 0 Å². The molecule has 1 aliphatic carbocycles. The van der Waals surface area contributed by atoms with E-state index in [1.807, 2.05) is 32.0 Å². The minimum Gasteiger partial charge on any atom is -0.462 e. The van der Waals surface area contributed by atoms with E-state index in [1.165, 1.54) is 6.92 Å². The van der Waals surface area contributed by atoms with Gasteiger partial charge in [-0.05, 0) is 86.8 Å². The molecule has 0 amide bonds. The fraction of sp³-hybridized carbons (Fsp3) is 0.714. The van der Waals surface area contributed by atoms with Crippen LogP contribution in [0.15, 0.2) is 40.4 Å². The molecule has 10 nitrogen and oxygen atoms in total. The highest BCUT2D eigenvalue weighted by Gasteiger charge is 2.48. The van der Waals surface area contributed by atoms with E-state index in [9.17, 15) is 9.59 Å². The molecule has 0 N–H and O–H groups in total. The van der Waals surface area contributed by atoms with Crippen LogP contribution in [0, 0.1) is 17.8 Å². The number of rotatable bonds is 11. The molecule has 0 spiro atoms. The van der Waals surface area contributed by atoms with E-state index in [0.29, 0.717) is 12.2 Å². The Morgan fingerprint density at radius 2 is 1.70 bits per heavy atom. The number of cyclic esters (lactones) is 1. The van der Waals surface area contributed by atoms with Crippen molar-refractivity contribution in [1.29, 1.82) is 0 Å². The third-order valence-corrected chi connectivity index (χ3v) is 17.1. The van der Waals surface area contributed by atoms with Crippen molar-refractivity contribution < 1.29 is 47.2 Å². The van der Waals surface area contributed by atoms with Gasteiger partial charge in [-0.15, -0.1) is 0 Å². The van der Waals surface area contributed by atoms with Crippen molar-refractivity contribution in [3.05, 3.63) is 46.0 Å². The first-order valence-corrected chi connectivity index (χ1v) is 23.3. The summed E-state index contributed by atoms with van der Waals surface area (Å²) in [4.78, 5) is 25.9. The summed E-state index contributed by atoms with van der Waals surface area (Å²) in [5.41, 5.74) is 1.95. The van der Waals surface area contributed by atoms with Crippen molar-refractivity contribution in [2.75, 3.05) is 21.3 Å². The predicted molar refractivity (Wildman–Crippen MR) is 216 cm³/mol. The quantitative estimate of drug-likeness (QED) is 0.122. The SMILES string of the molecule is CC[C@H]1CCC[C@H](OC(C)=O)[C@@H](C)[C@H](O[Si](C)(C)C(C)(C)C)[C@@H]2C[C@@H](/C=C\c3cc(O[C@@H]4O[C@@H](C)[C@H](OC)[C@@H](OC)[C@H]4OC)ccc3Br)C=C2CC(=O)O1. The van der Waals surface area contributed by atoms with Crippen molar-refractivity contribution >= 4 is 42.3 Å². The molecule has 11 atom stereocenters. The highest BCUT2D eigenvalue weighted by atomic mass is 79.9. The zero-order chi connectivity index (χ0) is 40.0. The molecule has 2 fully saturated rings. The standard InChI is InChI=1S/C42H65BrO10Si/c1-13-31-15-14-16-35(50-27(4)44)25(2)37(53-54(11,12)42(5,6)7)33-22-28(21-30(33)24-36(45)51-31)17-18-29-23-32(19-20-34(29)43)52-41-40(48-10)39(47-9)38(46-8)26(3)49-41/h17-21,23,25-26,28,31,33,35,37-41H,13-16,22,24H2,1-12H3/b18-17-/t25-,26+,28+,31+,33-,35+,37+,38+,39-,40-,41+/m1/s1. The number of carbonyl (C=O) groups is 2. The van der Waals surface area contributed by atoms with E-state index in [4.69, 9.17) is 37.6 Å². The zero-order valence-electron chi connectivity index (χ0n) is 34.5.